The molecule has 1 heterocycles. The molecule has 0 fully saturated rings. The number of nitrogens with zero attached hydrogens (tertiary/aromatic N) is 1. The van der Waals surface area contributed by atoms with E-state index < -0.39 is 5.56 Å². The van der Waals surface area contributed by atoms with Gasteiger partial charge < -0.3 is 4.74 Å². The Labute approximate surface area is 153 Å². The topological polar surface area (TPSA) is 55.0 Å². The van der Waals surface area contributed by atoms with Crippen molar-refractivity contribution in [2.45, 2.75) is 52.6 Å². The van der Waals surface area contributed by atoms with Crippen molar-refractivity contribution < 1.29 is 4.74 Å². The van der Waals surface area contributed by atoms with Crippen LogP contribution < -0.4 is 10.3 Å². The molecule has 5 heteroatoms. The molecule has 0 aliphatic rings. The highest BCUT2D eigenvalue weighted by atomic mass is 35.5. The third-order valence-electron chi connectivity index (χ3n) is 3.59. The van der Waals surface area contributed by atoms with E-state index in [1.54, 1.807) is 0 Å². The van der Waals surface area contributed by atoms with Crippen LogP contribution in [0.1, 0.15) is 50.9 Å². The van der Waals surface area contributed by atoms with Crippen molar-refractivity contribution in [2.24, 2.45) is 0 Å². The average Bonchev–Trinajstić information content (AvgIpc) is 2.56. The van der Waals surface area contributed by atoms with Gasteiger partial charge in [-0.25, -0.2) is 5.10 Å². The summed E-state index contributed by atoms with van der Waals surface area (Å²) in [5.74, 6) is 6.53. The van der Waals surface area contributed by atoms with E-state index in [2.05, 4.69) is 22.0 Å². The molecule has 0 saturated carbocycles. The molecule has 25 heavy (non-hydrogen) atoms. The van der Waals surface area contributed by atoms with Crippen LogP contribution in [0.5, 0.6) is 5.75 Å². The van der Waals surface area contributed by atoms with Crippen LogP contribution in [0, 0.1) is 11.8 Å². The maximum Gasteiger partial charge on any atom is 0.286 e. The van der Waals surface area contributed by atoms with Crippen molar-refractivity contribution in [3.8, 4) is 17.6 Å². The zero-order valence-corrected chi connectivity index (χ0v) is 15.8. The van der Waals surface area contributed by atoms with Crippen LogP contribution in [0.15, 0.2) is 29.1 Å². The highest BCUT2D eigenvalue weighted by molar-refractivity contribution is 6.31. The lowest BCUT2D eigenvalue weighted by molar-refractivity contribution is 0.293. The predicted octanol–water partition coefficient (Wildman–Crippen LogP) is 4.26. The zero-order chi connectivity index (χ0) is 18.4. The molecule has 0 aliphatic heterocycles. The van der Waals surface area contributed by atoms with Crippen molar-refractivity contribution >= 4 is 11.6 Å². The molecule has 4 nitrogen and oxygen atoms in total. The summed E-state index contributed by atoms with van der Waals surface area (Å²) in [6.45, 7) is 8.32. The van der Waals surface area contributed by atoms with Gasteiger partial charge in [-0.05, 0) is 11.1 Å². The Morgan fingerprint density at radius 1 is 1.16 bits per heavy atom. The maximum absolute atomic E-state index is 11.8. The van der Waals surface area contributed by atoms with Crippen molar-refractivity contribution in [1.82, 2.24) is 10.2 Å². The van der Waals surface area contributed by atoms with Crippen LogP contribution in [0.25, 0.3) is 0 Å². The minimum atomic E-state index is -0.450. The maximum atomic E-state index is 11.8. The number of nitrogens with one attached hydrogen (secondary N) is 1. The molecule has 2 aromatic rings. The van der Waals surface area contributed by atoms with Gasteiger partial charge in [0.1, 0.15) is 12.3 Å². The van der Waals surface area contributed by atoms with E-state index in [1.165, 1.54) is 0 Å². The van der Waals surface area contributed by atoms with Crippen LogP contribution in [-0.4, -0.2) is 10.2 Å². The lowest BCUT2D eigenvalue weighted by Crippen LogP contribution is -2.22. The monoisotopic (exact) mass is 358 g/mol. The molecule has 0 aliphatic carbocycles. The van der Waals surface area contributed by atoms with E-state index in [9.17, 15) is 4.79 Å². The van der Waals surface area contributed by atoms with E-state index in [1.807, 2.05) is 52.0 Å². The van der Waals surface area contributed by atoms with E-state index >= 15 is 0 Å². The summed E-state index contributed by atoms with van der Waals surface area (Å²) in [5, 5.41) is 6.56. The molecule has 132 valence electrons. The smallest absolute Gasteiger partial charge is 0.286 e. The Balaban J connectivity index is 2.16. The molecule has 0 unspecified atom stereocenters. The largest absolute Gasteiger partial charge is 0.485 e. The Hall–Kier alpha value is -2.25. The summed E-state index contributed by atoms with van der Waals surface area (Å²) < 4.78 is 5.86. The SMILES string of the molecule is CCC#CCc1ccc(COc2c(C(C)(C)C)n[nH]c(=O)c2Cl)cc1. The van der Waals surface area contributed by atoms with E-state index in [0.717, 1.165) is 24.0 Å². The van der Waals surface area contributed by atoms with Crippen molar-refractivity contribution in [3.05, 3.63) is 56.5 Å². The molecule has 0 atom stereocenters. The molecular formula is C20H23ClN2O2. The third-order valence-corrected chi connectivity index (χ3v) is 3.94. The summed E-state index contributed by atoms with van der Waals surface area (Å²) in [6, 6.07) is 8.05. The highest BCUT2D eigenvalue weighted by Crippen LogP contribution is 2.33. The Bertz CT molecular complexity index is 837. The minimum absolute atomic E-state index is 0.0337. The van der Waals surface area contributed by atoms with Crippen LogP contribution in [0.3, 0.4) is 0 Å². The fourth-order valence-electron chi connectivity index (χ4n) is 2.25. The van der Waals surface area contributed by atoms with Gasteiger partial charge in [0.2, 0.25) is 0 Å². The summed E-state index contributed by atoms with van der Waals surface area (Å²) in [6.07, 6.45) is 1.61. The standard InChI is InChI=1S/C20H23ClN2O2/c1-5-6-7-8-14-9-11-15(12-10-14)13-25-17-16(21)19(24)23-22-18(17)20(2,3)4/h9-12H,5,8,13H2,1-4H3,(H,23,24). The van der Waals surface area contributed by atoms with Crippen LogP contribution >= 0.6 is 11.6 Å². The number of H-pyrrole nitrogens is 1. The van der Waals surface area contributed by atoms with Crippen molar-refractivity contribution in [1.29, 1.82) is 0 Å². The summed E-state index contributed by atoms with van der Waals surface area (Å²) in [4.78, 5) is 11.8. The number of hydrogen-bond donors (Lipinski definition) is 1. The van der Waals surface area contributed by atoms with Gasteiger partial charge in [-0.2, -0.15) is 5.10 Å². The Morgan fingerprint density at radius 3 is 2.40 bits per heavy atom. The minimum Gasteiger partial charge on any atom is -0.485 e. The second-order valence-electron chi connectivity index (χ2n) is 6.78. The second kappa shape index (κ2) is 8.22. The van der Waals surface area contributed by atoms with Gasteiger partial charge in [0.05, 0.1) is 0 Å². The number of aromatic nitrogens is 2. The first-order valence-corrected chi connectivity index (χ1v) is 8.65. The first-order valence-electron chi connectivity index (χ1n) is 8.28. The number of halogens is 1. The number of ether oxygens (including phenoxy) is 1. The Morgan fingerprint density at radius 2 is 1.80 bits per heavy atom. The number of hydrogen-bond acceptors (Lipinski definition) is 3. The number of rotatable bonds is 4. The lowest BCUT2D eigenvalue weighted by Gasteiger charge is -2.21. The number of benzene rings is 1. The molecule has 1 N–H and O–H groups in total. The van der Waals surface area contributed by atoms with E-state index in [0.29, 0.717) is 18.1 Å². The van der Waals surface area contributed by atoms with Crippen LogP contribution in [-0.2, 0) is 18.4 Å². The fourth-order valence-corrected chi connectivity index (χ4v) is 2.44. The summed E-state index contributed by atoms with van der Waals surface area (Å²) >= 11 is 6.14. The molecule has 2 rings (SSSR count). The molecule has 1 aromatic heterocycles. The Kier molecular flexibility index (Phi) is 6.27. The first kappa shape index (κ1) is 19.1. The molecular weight excluding hydrogens is 336 g/mol. The van der Waals surface area contributed by atoms with Crippen LogP contribution in [0.4, 0.5) is 0 Å². The van der Waals surface area contributed by atoms with Crippen molar-refractivity contribution in [3.63, 3.8) is 0 Å². The molecule has 0 spiro atoms. The molecule has 0 saturated heterocycles. The first-order chi connectivity index (χ1) is 11.8. The van der Waals surface area contributed by atoms with Gasteiger partial charge in [-0.1, -0.05) is 69.5 Å². The second-order valence-corrected chi connectivity index (χ2v) is 7.16. The van der Waals surface area contributed by atoms with Crippen LogP contribution in [0.2, 0.25) is 5.02 Å². The van der Waals surface area contributed by atoms with Gasteiger partial charge in [0, 0.05) is 18.3 Å². The van der Waals surface area contributed by atoms with E-state index in [-0.39, 0.29) is 10.4 Å². The molecule has 0 radical (unpaired) electrons. The van der Waals surface area contributed by atoms with Gasteiger partial charge in [0.25, 0.3) is 5.56 Å². The van der Waals surface area contributed by atoms with Gasteiger partial charge in [0.15, 0.2) is 10.8 Å². The third kappa shape index (κ3) is 5.11. The van der Waals surface area contributed by atoms with E-state index in [4.69, 9.17) is 16.3 Å². The predicted molar refractivity (Wildman–Crippen MR) is 101 cm³/mol. The zero-order valence-electron chi connectivity index (χ0n) is 15.1. The van der Waals surface area contributed by atoms with Gasteiger partial charge in [-0.3, -0.25) is 4.79 Å². The average molecular weight is 359 g/mol. The highest BCUT2D eigenvalue weighted by Gasteiger charge is 2.25. The van der Waals surface area contributed by atoms with Crippen molar-refractivity contribution in [2.75, 3.05) is 0 Å². The molecule has 1 aromatic carbocycles. The van der Waals surface area contributed by atoms with Gasteiger partial charge >= 0.3 is 0 Å². The number of aromatic amines is 1. The normalized spacial score (nSPS) is 10.9. The summed E-state index contributed by atoms with van der Waals surface area (Å²) in [5.41, 5.74) is 2.03. The quantitative estimate of drug-likeness (QED) is 0.831. The van der Waals surface area contributed by atoms with Gasteiger partial charge in [-0.15, -0.1) is 5.92 Å². The molecule has 0 bridgehead atoms. The molecule has 0 amide bonds. The summed E-state index contributed by atoms with van der Waals surface area (Å²) in [7, 11) is 0. The lowest BCUT2D eigenvalue weighted by atomic mass is 9.91. The fraction of sp³-hybridized carbons (Fsp3) is 0.400.